The van der Waals surface area contributed by atoms with Crippen LogP contribution in [0.4, 0.5) is 5.69 Å². The zero-order valence-corrected chi connectivity index (χ0v) is 7.23. The lowest BCUT2D eigenvalue weighted by Gasteiger charge is -1.96. The van der Waals surface area contributed by atoms with E-state index >= 15 is 0 Å². The summed E-state index contributed by atoms with van der Waals surface area (Å²) >= 11 is 1.82. The van der Waals surface area contributed by atoms with Crippen molar-refractivity contribution in [1.29, 1.82) is 0 Å². The predicted octanol–water partition coefficient (Wildman–Crippen LogP) is 2.30. The van der Waals surface area contributed by atoms with Crippen LogP contribution in [0.15, 0.2) is 28.1 Å². The first-order valence-electron chi connectivity index (χ1n) is 3.74. The summed E-state index contributed by atoms with van der Waals surface area (Å²) in [6, 6.07) is 5.83. The minimum absolute atomic E-state index is 0.707. The van der Waals surface area contributed by atoms with Gasteiger partial charge in [0.25, 0.3) is 0 Å². The summed E-state index contributed by atoms with van der Waals surface area (Å²) in [5, 5.41) is 0. The number of aryl methyl sites for hydroxylation is 1. The molecule has 0 spiro atoms. The van der Waals surface area contributed by atoms with Crippen molar-refractivity contribution in [3.8, 4) is 0 Å². The molecule has 1 heterocycles. The standard InChI is InChI=1S/C9H7NOS/c11-6-10-8-2-1-7-3-4-12-9(7)5-8/h1-2,5H,3-4H2. The molecule has 0 atom stereocenters. The number of nitrogens with zero attached hydrogens (tertiary/aromatic N) is 1. The highest BCUT2D eigenvalue weighted by molar-refractivity contribution is 7.99. The fourth-order valence-corrected chi connectivity index (χ4v) is 2.38. The first-order valence-corrected chi connectivity index (χ1v) is 4.72. The summed E-state index contributed by atoms with van der Waals surface area (Å²) in [5.41, 5.74) is 2.07. The zero-order chi connectivity index (χ0) is 8.39. The van der Waals surface area contributed by atoms with E-state index in [1.54, 1.807) is 6.08 Å². The number of benzene rings is 1. The van der Waals surface area contributed by atoms with Gasteiger partial charge in [-0.25, -0.2) is 4.79 Å². The lowest BCUT2D eigenvalue weighted by Crippen LogP contribution is -1.78. The third-order valence-corrected chi connectivity index (χ3v) is 2.95. The van der Waals surface area contributed by atoms with Gasteiger partial charge in [-0.1, -0.05) is 6.07 Å². The Balaban J connectivity index is 2.45. The van der Waals surface area contributed by atoms with Crippen molar-refractivity contribution < 1.29 is 4.79 Å². The van der Waals surface area contributed by atoms with Crippen molar-refractivity contribution in [2.45, 2.75) is 11.3 Å². The van der Waals surface area contributed by atoms with E-state index in [-0.39, 0.29) is 0 Å². The van der Waals surface area contributed by atoms with Crippen LogP contribution >= 0.6 is 11.8 Å². The van der Waals surface area contributed by atoms with Crippen LogP contribution in [0, 0.1) is 0 Å². The quantitative estimate of drug-likeness (QED) is 0.486. The van der Waals surface area contributed by atoms with Crippen LogP contribution in [-0.4, -0.2) is 11.8 Å². The summed E-state index contributed by atoms with van der Waals surface area (Å²) in [6.45, 7) is 0. The summed E-state index contributed by atoms with van der Waals surface area (Å²) in [6.07, 6.45) is 2.67. The summed E-state index contributed by atoms with van der Waals surface area (Å²) in [7, 11) is 0. The number of rotatable bonds is 1. The van der Waals surface area contributed by atoms with Gasteiger partial charge in [-0.15, -0.1) is 11.8 Å². The van der Waals surface area contributed by atoms with E-state index in [1.165, 1.54) is 10.5 Å². The monoisotopic (exact) mass is 177 g/mol. The molecular formula is C9H7NOS. The summed E-state index contributed by atoms with van der Waals surface area (Å²) in [5.74, 6) is 1.14. The van der Waals surface area contributed by atoms with Crippen molar-refractivity contribution in [3.63, 3.8) is 0 Å². The van der Waals surface area contributed by atoms with Gasteiger partial charge >= 0.3 is 0 Å². The first-order chi connectivity index (χ1) is 5.90. The van der Waals surface area contributed by atoms with Gasteiger partial charge in [0.1, 0.15) is 0 Å². The number of carbonyl (C=O) groups excluding carboxylic acids is 1. The molecule has 12 heavy (non-hydrogen) atoms. The van der Waals surface area contributed by atoms with Crippen molar-refractivity contribution in [1.82, 2.24) is 0 Å². The van der Waals surface area contributed by atoms with Crippen molar-refractivity contribution in [3.05, 3.63) is 23.8 Å². The second-order valence-electron chi connectivity index (χ2n) is 2.59. The molecule has 0 unspecified atom stereocenters. The Morgan fingerprint density at radius 2 is 2.42 bits per heavy atom. The third-order valence-electron chi connectivity index (χ3n) is 1.85. The normalized spacial score (nSPS) is 13.7. The van der Waals surface area contributed by atoms with E-state index in [4.69, 9.17) is 0 Å². The fraction of sp³-hybridized carbons (Fsp3) is 0.222. The van der Waals surface area contributed by atoms with Gasteiger partial charge in [0.15, 0.2) is 0 Å². The van der Waals surface area contributed by atoms with Crippen LogP contribution in [0.5, 0.6) is 0 Å². The summed E-state index contributed by atoms with van der Waals surface area (Å²) < 4.78 is 0. The maximum atomic E-state index is 9.98. The van der Waals surface area contributed by atoms with E-state index in [0.717, 1.165) is 12.2 Å². The van der Waals surface area contributed by atoms with Gasteiger partial charge in [-0.3, -0.25) is 0 Å². The van der Waals surface area contributed by atoms with Gasteiger partial charge < -0.3 is 0 Å². The van der Waals surface area contributed by atoms with Gasteiger partial charge in [-0.2, -0.15) is 4.99 Å². The molecule has 0 bridgehead atoms. The topological polar surface area (TPSA) is 29.4 Å². The molecule has 0 saturated carbocycles. The number of isocyanates is 1. The van der Waals surface area contributed by atoms with E-state index in [1.807, 2.05) is 30.0 Å². The van der Waals surface area contributed by atoms with Crippen molar-refractivity contribution in [2.24, 2.45) is 4.99 Å². The largest absolute Gasteiger partial charge is 0.240 e. The zero-order valence-electron chi connectivity index (χ0n) is 6.41. The Morgan fingerprint density at radius 3 is 3.25 bits per heavy atom. The molecule has 2 rings (SSSR count). The lowest BCUT2D eigenvalue weighted by molar-refractivity contribution is 0.565. The molecule has 1 aliphatic heterocycles. The highest BCUT2D eigenvalue weighted by Crippen LogP contribution is 2.33. The molecule has 0 radical (unpaired) electrons. The molecule has 3 heteroatoms. The van der Waals surface area contributed by atoms with Crippen molar-refractivity contribution in [2.75, 3.05) is 5.75 Å². The van der Waals surface area contributed by atoms with Gasteiger partial charge in [0.05, 0.1) is 5.69 Å². The Morgan fingerprint density at radius 1 is 1.50 bits per heavy atom. The van der Waals surface area contributed by atoms with Crippen LogP contribution in [0.25, 0.3) is 0 Å². The number of hydrogen-bond acceptors (Lipinski definition) is 3. The second kappa shape index (κ2) is 3.13. The summed E-state index contributed by atoms with van der Waals surface area (Å²) in [4.78, 5) is 14.8. The van der Waals surface area contributed by atoms with E-state index < -0.39 is 0 Å². The minimum Gasteiger partial charge on any atom is -0.211 e. The van der Waals surface area contributed by atoms with Crippen LogP contribution < -0.4 is 0 Å². The van der Waals surface area contributed by atoms with E-state index in [0.29, 0.717) is 5.69 Å². The lowest BCUT2D eigenvalue weighted by atomic mass is 10.2. The third kappa shape index (κ3) is 1.29. The number of fused-ring (bicyclic) bond motifs is 1. The molecule has 60 valence electrons. The van der Waals surface area contributed by atoms with E-state index in [9.17, 15) is 4.79 Å². The SMILES string of the molecule is O=C=Nc1ccc2c(c1)SCC2. The molecule has 0 aliphatic carbocycles. The average molecular weight is 177 g/mol. The smallest absolute Gasteiger partial charge is 0.211 e. The number of aliphatic imine (C=N–C) groups is 1. The van der Waals surface area contributed by atoms with E-state index in [2.05, 4.69) is 4.99 Å². The Labute approximate surface area is 74.7 Å². The van der Waals surface area contributed by atoms with Gasteiger partial charge in [0.2, 0.25) is 6.08 Å². The second-order valence-corrected chi connectivity index (χ2v) is 3.73. The van der Waals surface area contributed by atoms with Gasteiger partial charge in [-0.05, 0) is 24.1 Å². The highest BCUT2D eigenvalue weighted by atomic mass is 32.2. The molecule has 0 saturated heterocycles. The maximum absolute atomic E-state index is 9.98. The first kappa shape index (κ1) is 7.59. The number of hydrogen-bond donors (Lipinski definition) is 0. The fourth-order valence-electron chi connectivity index (χ4n) is 1.28. The molecular weight excluding hydrogens is 170 g/mol. The molecule has 0 fully saturated rings. The van der Waals surface area contributed by atoms with Crippen LogP contribution in [0.1, 0.15) is 5.56 Å². The van der Waals surface area contributed by atoms with Gasteiger partial charge in [0, 0.05) is 10.6 Å². The number of thioether (sulfide) groups is 1. The average Bonchev–Trinajstić information content (AvgIpc) is 2.51. The molecule has 0 amide bonds. The Bertz CT molecular complexity index is 356. The maximum Gasteiger partial charge on any atom is 0.240 e. The minimum atomic E-state index is 0.707. The molecule has 0 aromatic heterocycles. The molecule has 1 aromatic rings. The molecule has 1 aliphatic rings. The predicted molar refractivity (Wildman–Crippen MR) is 48.7 cm³/mol. The van der Waals surface area contributed by atoms with Crippen LogP contribution in [0.3, 0.4) is 0 Å². The van der Waals surface area contributed by atoms with Crippen molar-refractivity contribution >= 4 is 23.5 Å². The molecule has 1 aromatic carbocycles. The Kier molecular flexibility index (Phi) is 1.98. The highest BCUT2D eigenvalue weighted by Gasteiger charge is 2.10. The Hall–Kier alpha value is -1.05. The van der Waals surface area contributed by atoms with Crippen LogP contribution in [-0.2, 0) is 11.2 Å². The molecule has 0 N–H and O–H groups in total. The molecule has 2 nitrogen and oxygen atoms in total. The van der Waals surface area contributed by atoms with Crippen LogP contribution in [0.2, 0.25) is 0 Å².